The number of fused-ring (bicyclic) bond motifs is 1. The van der Waals surface area contributed by atoms with Gasteiger partial charge >= 0.3 is 0 Å². The van der Waals surface area contributed by atoms with Crippen LogP contribution >= 0.6 is 27.3 Å². The van der Waals surface area contributed by atoms with E-state index in [9.17, 15) is 4.79 Å². The number of aromatic nitrogens is 1. The first-order valence-electron chi connectivity index (χ1n) is 6.42. The molecule has 1 aromatic carbocycles. The number of carbonyl (C=O) groups is 1. The molecule has 110 valence electrons. The summed E-state index contributed by atoms with van der Waals surface area (Å²) in [6, 6.07) is 5.30. The molecular formula is C14H13BrN2O3S. The molecule has 0 radical (unpaired) electrons. The number of nitrogens with zero attached hydrogens (tertiary/aromatic N) is 1. The van der Waals surface area contributed by atoms with Crippen molar-refractivity contribution in [2.24, 2.45) is 0 Å². The van der Waals surface area contributed by atoms with Crippen LogP contribution in [0.15, 0.2) is 22.1 Å². The molecule has 0 aliphatic carbocycles. The summed E-state index contributed by atoms with van der Waals surface area (Å²) in [5.74, 6) is 1.34. The molecule has 0 bridgehead atoms. The van der Waals surface area contributed by atoms with Crippen LogP contribution in [0.3, 0.4) is 0 Å². The molecule has 1 amide bonds. The first-order chi connectivity index (χ1) is 10.0. The van der Waals surface area contributed by atoms with Crippen LogP contribution in [0.2, 0.25) is 0 Å². The Balaban J connectivity index is 1.83. The number of carbonyl (C=O) groups excluding carboxylic acids is 1. The van der Waals surface area contributed by atoms with Crippen molar-refractivity contribution in [3.8, 4) is 11.5 Å². The van der Waals surface area contributed by atoms with E-state index in [0.717, 1.165) is 4.88 Å². The minimum atomic E-state index is -0.223. The van der Waals surface area contributed by atoms with Gasteiger partial charge in [-0.3, -0.25) is 4.79 Å². The van der Waals surface area contributed by atoms with Crippen LogP contribution in [-0.4, -0.2) is 17.7 Å². The fourth-order valence-corrected chi connectivity index (χ4v) is 3.51. The lowest BCUT2D eigenvalue weighted by atomic mass is 10.1. The monoisotopic (exact) mass is 368 g/mol. The largest absolute Gasteiger partial charge is 0.454 e. The van der Waals surface area contributed by atoms with Gasteiger partial charge in [-0.05, 0) is 34.0 Å². The van der Waals surface area contributed by atoms with E-state index in [4.69, 9.17) is 9.47 Å². The Morgan fingerprint density at radius 2 is 2.14 bits per heavy atom. The lowest BCUT2D eigenvalue weighted by Crippen LogP contribution is -2.14. The minimum absolute atomic E-state index is 0.212. The number of hydrogen-bond donors (Lipinski definition) is 1. The number of hydrogen-bond acceptors (Lipinski definition) is 5. The molecular weight excluding hydrogens is 356 g/mol. The highest BCUT2D eigenvalue weighted by atomic mass is 79.9. The number of amides is 1. The van der Waals surface area contributed by atoms with Gasteiger partial charge in [-0.15, -0.1) is 11.3 Å². The van der Waals surface area contributed by atoms with Crippen LogP contribution in [-0.2, 0) is 0 Å². The molecule has 7 heteroatoms. The second-order valence-electron chi connectivity index (χ2n) is 4.86. The van der Waals surface area contributed by atoms with Crippen molar-refractivity contribution in [2.75, 3.05) is 12.1 Å². The molecule has 0 saturated carbocycles. The van der Waals surface area contributed by atoms with E-state index in [1.807, 2.05) is 13.8 Å². The number of ether oxygens (including phenoxy) is 2. The SMILES string of the molecule is CC(C)c1sc(Br)nc1C(=O)Nc1ccc2c(c1)OCO2. The predicted octanol–water partition coefficient (Wildman–Crippen LogP) is 4.01. The number of nitrogens with one attached hydrogen (secondary N) is 1. The molecule has 0 saturated heterocycles. The number of thiazole rings is 1. The van der Waals surface area contributed by atoms with E-state index >= 15 is 0 Å². The Kier molecular flexibility index (Phi) is 3.86. The highest BCUT2D eigenvalue weighted by molar-refractivity contribution is 9.11. The van der Waals surface area contributed by atoms with Gasteiger partial charge in [-0.1, -0.05) is 13.8 Å². The summed E-state index contributed by atoms with van der Waals surface area (Å²) in [6.07, 6.45) is 0. The first-order valence-corrected chi connectivity index (χ1v) is 8.03. The Labute approximate surface area is 134 Å². The van der Waals surface area contributed by atoms with Crippen LogP contribution in [0.5, 0.6) is 11.5 Å². The van der Waals surface area contributed by atoms with Crippen molar-refractivity contribution in [1.29, 1.82) is 0 Å². The van der Waals surface area contributed by atoms with Gasteiger partial charge in [0.15, 0.2) is 15.4 Å². The molecule has 1 aliphatic rings. The van der Waals surface area contributed by atoms with Crippen LogP contribution in [0, 0.1) is 0 Å². The fraction of sp³-hybridized carbons (Fsp3) is 0.286. The van der Waals surface area contributed by atoms with Crippen LogP contribution < -0.4 is 14.8 Å². The maximum atomic E-state index is 12.4. The molecule has 21 heavy (non-hydrogen) atoms. The summed E-state index contributed by atoms with van der Waals surface area (Å²) < 4.78 is 11.3. The molecule has 0 spiro atoms. The average Bonchev–Trinajstić information content (AvgIpc) is 3.04. The maximum absolute atomic E-state index is 12.4. The average molecular weight is 369 g/mol. The summed E-state index contributed by atoms with van der Waals surface area (Å²) in [4.78, 5) is 17.6. The minimum Gasteiger partial charge on any atom is -0.454 e. The lowest BCUT2D eigenvalue weighted by molar-refractivity contribution is 0.102. The third-order valence-corrected chi connectivity index (χ3v) is 4.80. The molecule has 1 aliphatic heterocycles. The number of rotatable bonds is 3. The molecule has 1 N–H and O–H groups in total. The summed E-state index contributed by atoms with van der Waals surface area (Å²) in [5, 5.41) is 2.85. The second-order valence-corrected chi connectivity index (χ2v) is 7.16. The number of benzene rings is 1. The summed E-state index contributed by atoms with van der Waals surface area (Å²) in [7, 11) is 0. The van der Waals surface area contributed by atoms with Crippen molar-refractivity contribution in [3.05, 3.63) is 32.7 Å². The molecule has 2 aromatic rings. The first kappa shape index (κ1) is 14.3. The zero-order valence-electron chi connectivity index (χ0n) is 11.5. The molecule has 1 aromatic heterocycles. The molecule has 0 unspecified atom stereocenters. The number of halogens is 1. The van der Waals surface area contributed by atoms with Gasteiger partial charge in [0.25, 0.3) is 5.91 Å². The van der Waals surface area contributed by atoms with Crippen molar-refractivity contribution in [1.82, 2.24) is 4.98 Å². The van der Waals surface area contributed by atoms with E-state index in [2.05, 4.69) is 26.2 Å². The van der Waals surface area contributed by atoms with Crippen LogP contribution in [0.1, 0.15) is 35.1 Å². The third-order valence-electron chi connectivity index (χ3n) is 3.00. The van der Waals surface area contributed by atoms with Gasteiger partial charge < -0.3 is 14.8 Å². The third kappa shape index (κ3) is 2.89. The molecule has 0 fully saturated rings. The van der Waals surface area contributed by atoms with Crippen molar-refractivity contribution >= 4 is 38.9 Å². The maximum Gasteiger partial charge on any atom is 0.275 e. The van der Waals surface area contributed by atoms with Gasteiger partial charge in [-0.25, -0.2) is 4.98 Å². The van der Waals surface area contributed by atoms with Gasteiger partial charge in [0, 0.05) is 16.6 Å². The zero-order chi connectivity index (χ0) is 15.0. The molecule has 0 atom stereocenters. The lowest BCUT2D eigenvalue weighted by Gasteiger charge is -2.07. The Hall–Kier alpha value is -1.60. The highest BCUT2D eigenvalue weighted by Gasteiger charge is 2.21. The standard InChI is InChI=1S/C14H13BrN2O3S/c1-7(2)12-11(17-14(15)21-12)13(18)16-8-3-4-9-10(5-8)20-6-19-9/h3-5,7H,6H2,1-2H3,(H,16,18). The van der Waals surface area contributed by atoms with Crippen LogP contribution in [0.25, 0.3) is 0 Å². The van der Waals surface area contributed by atoms with Gasteiger partial charge in [0.1, 0.15) is 5.69 Å². The number of anilines is 1. The summed E-state index contributed by atoms with van der Waals surface area (Å²) in [5.41, 5.74) is 1.11. The predicted molar refractivity (Wildman–Crippen MR) is 84.4 cm³/mol. The van der Waals surface area contributed by atoms with E-state index in [0.29, 0.717) is 26.8 Å². The quantitative estimate of drug-likeness (QED) is 0.888. The Bertz CT molecular complexity index is 700. The van der Waals surface area contributed by atoms with E-state index < -0.39 is 0 Å². The van der Waals surface area contributed by atoms with Gasteiger partial charge in [0.05, 0.1) is 0 Å². The normalized spacial score (nSPS) is 12.8. The van der Waals surface area contributed by atoms with E-state index in [-0.39, 0.29) is 18.6 Å². The topological polar surface area (TPSA) is 60.5 Å². The van der Waals surface area contributed by atoms with Crippen LogP contribution in [0.4, 0.5) is 5.69 Å². The summed E-state index contributed by atoms with van der Waals surface area (Å²) in [6.45, 7) is 4.29. The van der Waals surface area contributed by atoms with Gasteiger partial charge in [0.2, 0.25) is 6.79 Å². The fourth-order valence-electron chi connectivity index (χ4n) is 2.02. The smallest absolute Gasteiger partial charge is 0.275 e. The second kappa shape index (κ2) is 5.65. The van der Waals surface area contributed by atoms with Crippen molar-refractivity contribution in [3.63, 3.8) is 0 Å². The zero-order valence-corrected chi connectivity index (χ0v) is 13.9. The van der Waals surface area contributed by atoms with E-state index in [1.54, 1.807) is 18.2 Å². The summed E-state index contributed by atoms with van der Waals surface area (Å²) >= 11 is 4.82. The molecule has 5 nitrogen and oxygen atoms in total. The van der Waals surface area contributed by atoms with Gasteiger partial charge in [-0.2, -0.15) is 0 Å². The highest BCUT2D eigenvalue weighted by Crippen LogP contribution is 2.35. The Morgan fingerprint density at radius 1 is 1.38 bits per heavy atom. The Morgan fingerprint density at radius 3 is 2.90 bits per heavy atom. The molecule has 2 heterocycles. The van der Waals surface area contributed by atoms with Crippen molar-refractivity contribution < 1.29 is 14.3 Å². The van der Waals surface area contributed by atoms with Crippen molar-refractivity contribution in [2.45, 2.75) is 19.8 Å². The molecule has 3 rings (SSSR count). The van der Waals surface area contributed by atoms with E-state index in [1.165, 1.54) is 11.3 Å².